The third-order valence-electron chi connectivity index (χ3n) is 5.27. The van der Waals surface area contributed by atoms with Crippen LogP contribution in [0.25, 0.3) is 0 Å². The Hall–Kier alpha value is -0.0800. The van der Waals surface area contributed by atoms with Crippen LogP contribution in [0, 0.1) is 23.2 Å². The lowest BCUT2D eigenvalue weighted by Crippen LogP contribution is -2.44. The van der Waals surface area contributed by atoms with E-state index in [1.165, 1.54) is 38.5 Å². The van der Waals surface area contributed by atoms with Gasteiger partial charge in [0, 0.05) is 6.04 Å². The molecule has 0 aliphatic heterocycles. The Morgan fingerprint density at radius 2 is 1.94 bits per heavy atom. The molecule has 0 aromatic rings. The van der Waals surface area contributed by atoms with Crippen LogP contribution < -0.4 is 11.3 Å². The fraction of sp³-hybridized carbons (Fsp3) is 1.00. The zero-order valence-electron chi connectivity index (χ0n) is 13.1. The van der Waals surface area contributed by atoms with Crippen molar-refractivity contribution in [1.82, 2.24) is 5.43 Å². The van der Waals surface area contributed by atoms with Gasteiger partial charge in [-0.15, -0.1) is 0 Å². The fourth-order valence-electron chi connectivity index (χ4n) is 3.20. The second kappa shape index (κ2) is 6.91. The molecule has 0 bridgehead atoms. The highest BCUT2D eigenvalue weighted by Gasteiger charge is 2.30. The summed E-state index contributed by atoms with van der Waals surface area (Å²) in [5.41, 5.74) is 3.50. The van der Waals surface area contributed by atoms with Crippen LogP contribution in [-0.2, 0) is 0 Å². The summed E-state index contributed by atoms with van der Waals surface area (Å²) in [4.78, 5) is 0. The highest BCUT2D eigenvalue weighted by atomic mass is 15.2. The van der Waals surface area contributed by atoms with Crippen LogP contribution in [0.1, 0.15) is 73.1 Å². The van der Waals surface area contributed by atoms with Crippen molar-refractivity contribution in [2.24, 2.45) is 29.0 Å². The second-order valence-electron chi connectivity index (χ2n) is 7.48. The molecular weight excluding hydrogens is 220 g/mol. The van der Waals surface area contributed by atoms with Gasteiger partial charge in [-0.3, -0.25) is 11.3 Å². The van der Waals surface area contributed by atoms with Gasteiger partial charge in [0.25, 0.3) is 0 Å². The van der Waals surface area contributed by atoms with E-state index >= 15 is 0 Å². The van der Waals surface area contributed by atoms with Gasteiger partial charge in [-0.05, 0) is 42.4 Å². The van der Waals surface area contributed by atoms with E-state index in [-0.39, 0.29) is 0 Å². The Kier molecular flexibility index (Phi) is 6.13. The molecule has 0 saturated heterocycles. The number of hydrogen-bond donors (Lipinski definition) is 2. The molecule has 1 saturated carbocycles. The Labute approximate surface area is 114 Å². The molecule has 1 aliphatic carbocycles. The highest BCUT2D eigenvalue weighted by molar-refractivity contribution is 4.84. The number of hydrogen-bond acceptors (Lipinski definition) is 2. The molecular formula is C16H34N2. The lowest BCUT2D eigenvalue weighted by atomic mass is 9.72. The normalized spacial score (nSPS) is 29.0. The van der Waals surface area contributed by atoms with Crippen molar-refractivity contribution < 1.29 is 0 Å². The predicted octanol–water partition coefficient (Wildman–Crippen LogP) is 4.11. The first-order chi connectivity index (χ1) is 8.38. The molecule has 108 valence electrons. The van der Waals surface area contributed by atoms with Gasteiger partial charge in [0.05, 0.1) is 0 Å². The zero-order valence-corrected chi connectivity index (χ0v) is 13.1. The summed E-state index contributed by atoms with van der Waals surface area (Å²) in [6.07, 6.45) is 8.11. The van der Waals surface area contributed by atoms with Crippen LogP contribution in [-0.4, -0.2) is 6.04 Å². The first-order valence-electron chi connectivity index (χ1n) is 7.84. The monoisotopic (exact) mass is 254 g/mol. The number of nitrogens with one attached hydrogen (secondary N) is 1. The van der Waals surface area contributed by atoms with Gasteiger partial charge in [0.15, 0.2) is 0 Å². The van der Waals surface area contributed by atoms with Crippen LogP contribution in [0.3, 0.4) is 0 Å². The van der Waals surface area contributed by atoms with Crippen LogP contribution in [0.2, 0.25) is 0 Å². The molecule has 1 aliphatic rings. The Balaban J connectivity index is 2.54. The van der Waals surface area contributed by atoms with E-state index in [2.05, 4.69) is 40.0 Å². The SMILES string of the molecule is CCC1CCCC(C(CC(C)C(C)(C)C)NN)C1. The van der Waals surface area contributed by atoms with Crippen molar-refractivity contribution in [2.75, 3.05) is 0 Å². The average molecular weight is 254 g/mol. The molecule has 0 heterocycles. The van der Waals surface area contributed by atoms with Crippen LogP contribution >= 0.6 is 0 Å². The molecule has 0 aromatic carbocycles. The fourth-order valence-corrected chi connectivity index (χ4v) is 3.20. The minimum Gasteiger partial charge on any atom is -0.271 e. The van der Waals surface area contributed by atoms with Gasteiger partial charge >= 0.3 is 0 Å². The molecule has 0 amide bonds. The first-order valence-corrected chi connectivity index (χ1v) is 7.84. The molecule has 4 unspecified atom stereocenters. The smallest absolute Gasteiger partial charge is 0.0241 e. The summed E-state index contributed by atoms with van der Waals surface area (Å²) in [6.45, 7) is 11.7. The van der Waals surface area contributed by atoms with E-state index in [9.17, 15) is 0 Å². The van der Waals surface area contributed by atoms with Crippen molar-refractivity contribution in [3.63, 3.8) is 0 Å². The van der Waals surface area contributed by atoms with E-state index < -0.39 is 0 Å². The first kappa shape index (κ1) is 16.0. The Morgan fingerprint density at radius 3 is 2.44 bits per heavy atom. The number of rotatable bonds is 5. The molecule has 2 heteroatoms. The van der Waals surface area contributed by atoms with Gasteiger partial charge < -0.3 is 0 Å². The van der Waals surface area contributed by atoms with Gasteiger partial charge in [-0.2, -0.15) is 0 Å². The molecule has 4 atom stereocenters. The van der Waals surface area contributed by atoms with Gasteiger partial charge in [-0.25, -0.2) is 0 Å². The largest absolute Gasteiger partial charge is 0.271 e. The van der Waals surface area contributed by atoms with Crippen molar-refractivity contribution in [2.45, 2.75) is 79.2 Å². The van der Waals surface area contributed by atoms with E-state index in [0.717, 1.165) is 11.8 Å². The highest BCUT2D eigenvalue weighted by Crippen LogP contribution is 2.37. The lowest BCUT2D eigenvalue weighted by Gasteiger charge is -2.37. The summed E-state index contributed by atoms with van der Waals surface area (Å²) in [6, 6.07) is 0.508. The molecule has 18 heavy (non-hydrogen) atoms. The third kappa shape index (κ3) is 4.55. The molecule has 1 fully saturated rings. The zero-order chi connectivity index (χ0) is 13.8. The van der Waals surface area contributed by atoms with E-state index in [1.807, 2.05) is 0 Å². The van der Waals surface area contributed by atoms with Crippen LogP contribution in [0.4, 0.5) is 0 Å². The van der Waals surface area contributed by atoms with Crippen molar-refractivity contribution in [1.29, 1.82) is 0 Å². The number of hydrazine groups is 1. The van der Waals surface area contributed by atoms with Gasteiger partial charge in [0.2, 0.25) is 0 Å². The third-order valence-corrected chi connectivity index (χ3v) is 5.27. The summed E-state index contributed by atoms with van der Waals surface area (Å²) in [7, 11) is 0. The van der Waals surface area contributed by atoms with Crippen LogP contribution in [0.5, 0.6) is 0 Å². The van der Waals surface area contributed by atoms with Crippen LogP contribution in [0.15, 0.2) is 0 Å². The van der Waals surface area contributed by atoms with Crippen molar-refractivity contribution in [3.8, 4) is 0 Å². The molecule has 0 radical (unpaired) electrons. The Bertz CT molecular complexity index is 232. The van der Waals surface area contributed by atoms with Crippen molar-refractivity contribution in [3.05, 3.63) is 0 Å². The van der Waals surface area contributed by atoms with E-state index in [1.54, 1.807) is 0 Å². The maximum absolute atomic E-state index is 5.83. The standard InChI is InChI=1S/C16H34N2/c1-6-13-8-7-9-14(11-13)15(18-17)10-12(2)16(3,4)5/h12-15,18H,6-11,17H2,1-5H3. The van der Waals surface area contributed by atoms with Crippen molar-refractivity contribution >= 4 is 0 Å². The molecule has 2 nitrogen and oxygen atoms in total. The summed E-state index contributed by atoms with van der Waals surface area (Å²) < 4.78 is 0. The summed E-state index contributed by atoms with van der Waals surface area (Å²) in [5.74, 6) is 8.27. The maximum Gasteiger partial charge on any atom is 0.0241 e. The average Bonchev–Trinajstić information content (AvgIpc) is 2.34. The molecule has 0 spiro atoms. The number of nitrogens with two attached hydrogens (primary N) is 1. The van der Waals surface area contributed by atoms with Gasteiger partial charge in [0.1, 0.15) is 0 Å². The molecule has 0 aromatic heterocycles. The predicted molar refractivity (Wildman–Crippen MR) is 80.1 cm³/mol. The summed E-state index contributed by atoms with van der Waals surface area (Å²) in [5, 5.41) is 0. The minimum atomic E-state index is 0.383. The Morgan fingerprint density at radius 1 is 1.28 bits per heavy atom. The summed E-state index contributed by atoms with van der Waals surface area (Å²) >= 11 is 0. The van der Waals surface area contributed by atoms with Gasteiger partial charge in [-0.1, -0.05) is 53.9 Å². The maximum atomic E-state index is 5.83. The second-order valence-corrected chi connectivity index (χ2v) is 7.48. The topological polar surface area (TPSA) is 38.0 Å². The molecule has 1 rings (SSSR count). The minimum absolute atomic E-state index is 0.383. The molecule has 3 N–H and O–H groups in total. The van der Waals surface area contributed by atoms with E-state index in [4.69, 9.17) is 5.84 Å². The quantitative estimate of drug-likeness (QED) is 0.572. The van der Waals surface area contributed by atoms with E-state index in [0.29, 0.717) is 17.4 Å². The lowest BCUT2D eigenvalue weighted by molar-refractivity contribution is 0.156.